The van der Waals surface area contributed by atoms with Crippen molar-refractivity contribution in [3.05, 3.63) is 82.1 Å². The molecule has 150 valence electrons. The average Bonchev–Trinajstić information content (AvgIpc) is 3.29. The van der Waals surface area contributed by atoms with Gasteiger partial charge in [-0.2, -0.15) is 0 Å². The van der Waals surface area contributed by atoms with Gasteiger partial charge < -0.3 is 10.0 Å². The molecule has 1 aliphatic carbocycles. The molecule has 2 aromatic rings. The molecule has 1 saturated carbocycles. The molecule has 0 aromatic heterocycles. The first kappa shape index (κ1) is 19.7. The maximum Gasteiger partial charge on any atom is 0.290 e. The van der Waals surface area contributed by atoms with E-state index in [4.69, 9.17) is 11.6 Å². The quantitative estimate of drug-likeness (QED) is 0.744. The highest BCUT2D eigenvalue weighted by atomic mass is 35.5. The molecule has 1 unspecified atom stereocenters. The van der Waals surface area contributed by atoms with Crippen molar-refractivity contribution in [3.63, 3.8) is 0 Å². The number of rotatable bonds is 5. The van der Waals surface area contributed by atoms with E-state index in [2.05, 4.69) is 12.1 Å². The van der Waals surface area contributed by atoms with Gasteiger partial charge in [-0.05, 0) is 43.0 Å². The normalized spacial score (nSPS) is 21.1. The Morgan fingerprint density at radius 3 is 2.31 bits per heavy atom. The second-order valence-electron chi connectivity index (χ2n) is 8.06. The first-order valence-corrected chi connectivity index (χ1v) is 10.4. The third-order valence-electron chi connectivity index (χ3n) is 6.29. The number of benzene rings is 2. The van der Waals surface area contributed by atoms with Crippen LogP contribution in [0.5, 0.6) is 0 Å². The zero-order valence-corrected chi connectivity index (χ0v) is 17.2. The van der Waals surface area contributed by atoms with E-state index in [0.29, 0.717) is 11.6 Å². The molecule has 29 heavy (non-hydrogen) atoms. The molecular formula is C24H24ClNO3. The molecule has 1 heterocycles. The fourth-order valence-electron chi connectivity index (χ4n) is 4.88. The van der Waals surface area contributed by atoms with Crippen LogP contribution in [0.25, 0.3) is 0 Å². The van der Waals surface area contributed by atoms with Crippen LogP contribution in [-0.2, 0) is 15.0 Å². The summed E-state index contributed by atoms with van der Waals surface area (Å²) >= 11 is 6.04. The lowest BCUT2D eigenvalue weighted by molar-refractivity contribution is -0.130. The van der Waals surface area contributed by atoms with Crippen LogP contribution in [0.2, 0.25) is 5.02 Å². The second-order valence-corrected chi connectivity index (χ2v) is 8.50. The lowest BCUT2D eigenvalue weighted by Crippen LogP contribution is -2.42. The van der Waals surface area contributed by atoms with E-state index >= 15 is 0 Å². The van der Waals surface area contributed by atoms with Crippen LogP contribution in [0.1, 0.15) is 49.8 Å². The number of Topliss-reactive ketones (excluding diaryl/α,β-unsaturated/α-hetero) is 1. The number of amides is 1. The van der Waals surface area contributed by atoms with Gasteiger partial charge in [-0.1, -0.05) is 66.9 Å². The molecule has 4 rings (SSSR count). The van der Waals surface area contributed by atoms with E-state index in [1.54, 1.807) is 17.0 Å². The van der Waals surface area contributed by atoms with Gasteiger partial charge in [-0.25, -0.2) is 0 Å². The largest absolute Gasteiger partial charge is 0.503 e. The molecule has 0 radical (unpaired) electrons. The third kappa shape index (κ3) is 3.46. The van der Waals surface area contributed by atoms with Crippen LogP contribution in [0, 0.1) is 0 Å². The Labute approximate surface area is 175 Å². The Kier molecular flexibility index (Phi) is 5.22. The number of hydrogen-bond donors (Lipinski definition) is 1. The van der Waals surface area contributed by atoms with Gasteiger partial charge in [-0.3, -0.25) is 9.59 Å². The Bertz CT molecular complexity index is 959. The van der Waals surface area contributed by atoms with Crippen molar-refractivity contribution in [2.75, 3.05) is 6.54 Å². The van der Waals surface area contributed by atoms with Crippen LogP contribution in [-0.4, -0.2) is 28.2 Å². The van der Waals surface area contributed by atoms with E-state index in [9.17, 15) is 14.7 Å². The van der Waals surface area contributed by atoms with Gasteiger partial charge in [0, 0.05) is 17.0 Å². The van der Waals surface area contributed by atoms with E-state index in [0.717, 1.165) is 31.2 Å². The van der Waals surface area contributed by atoms with Gasteiger partial charge in [-0.15, -0.1) is 0 Å². The zero-order valence-electron chi connectivity index (χ0n) is 16.4. The van der Waals surface area contributed by atoms with Crippen LogP contribution < -0.4 is 0 Å². The minimum absolute atomic E-state index is 0.165. The van der Waals surface area contributed by atoms with Gasteiger partial charge >= 0.3 is 0 Å². The van der Waals surface area contributed by atoms with Crippen LogP contribution >= 0.6 is 11.6 Å². The van der Waals surface area contributed by atoms with Crippen LogP contribution in [0.15, 0.2) is 65.9 Å². The first-order valence-electron chi connectivity index (χ1n) is 9.99. The summed E-state index contributed by atoms with van der Waals surface area (Å²) in [6.45, 7) is 1.86. The number of nitrogens with zero attached hydrogens (tertiary/aromatic N) is 1. The average molecular weight is 410 g/mol. The van der Waals surface area contributed by atoms with E-state index in [1.807, 2.05) is 30.3 Å². The number of ketones is 1. The zero-order chi connectivity index (χ0) is 20.6. The van der Waals surface area contributed by atoms with Crippen LogP contribution in [0.3, 0.4) is 0 Å². The van der Waals surface area contributed by atoms with Crippen molar-refractivity contribution >= 4 is 23.3 Å². The fourth-order valence-corrected chi connectivity index (χ4v) is 5.00. The lowest BCUT2D eigenvalue weighted by atomic mass is 9.78. The van der Waals surface area contributed by atoms with Crippen molar-refractivity contribution in [2.24, 2.45) is 0 Å². The number of aliphatic hydroxyl groups is 1. The van der Waals surface area contributed by atoms with Crippen molar-refractivity contribution in [1.82, 2.24) is 4.90 Å². The van der Waals surface area contributed by atoms with Crippen LogP contribution in [0.4, 0.5) is 0 Å². The molecule has 0 spiro atoms. The summed E-state index contributed by atoms with van der Waals surface area (Å²) < 4.78 is 0. The smallest absolute Gasteiger partial charge is 0.290 e. The van der Waals surface area contributed by atoms with Crippen molar-refractivity contribution in [3.8, 4) is 0 Å². The highest BCUT2D eigenvalue weighted by Gasteiger charge is 2.47. The molecular weight excluding hydrogens is 386 g/mol. The second kappa shape index (κ2) is 7.68. The van der Waals surface area contributed by atoms with E-state index in [-0.39, 0.29) is 16.8 Å². The molecule has 1 N–H and O–H groups in total. The summed E-state index contributed by atoms with van der Waals surface area (Å²) in [4.78, 5) is 27.1. The van der Waals surface area contributed by atoms with Gasteiger partial charge in [0.2, 0.25) is 0 Å². The highest BCUT2D eigenvalue weighted by molar-refractivity contribution is 6.30. The van der Waals surface area contributed by atoms with Gasteiger partial charge in [0.1, 0.15) is 0 Å². The van der Waals surface area contributed by atoms with E-state index in [1.165, 1.54) is 12.5 Å². The summed E-state index contributed by atoms with van der Waals surface area (Å²) in [6, 6.07) is 16.8. The van der Waals surface area contributed by atoms with E-state index < -0.39 is 17.7 Å². The lowest BCUT2D eigenvalue weighted by Gasteiger charge is -2.37. The van der Waals surface area contributed by atoms with Gasteiger partial charge in [0.05, 0.1) is 11.6 Å². The SMILES string of the molecule is CC(=O)C1=C(O)C(=O)N(CC2(c3ccccc3)CCCC2)C1c1ccc(Cl)cc1. The molecule has 2 aliphatic rings. The molecule has 4 nitrogen and oxygen atoms in total. The number of carbonyl (C=O) groups excluding carboxylic acids is 2. The molecule has 0 saturated heterocycles. The van der Waals surface area contributed by atoms with Gasteiger partial charge in [0.15, 0.2) is 11.5 Å². The summed E-state index contributed by atoms with van der Waals surface area (Å²) in [5, 5.41) is 11.1. The predicted octanol–water partition coefficient (Wildman–Crippen LogP) is 5.14. The number of hydrogen-bond acceptors (Lipinski definition) is 3. The Hall–Kier alpha value is -2.59. The maximum absolute atomic E-state index is 13.1. The van der Waals surface area contributed by atoms with Gasteiger partial charge in [0.25, 0.3) is 5.91 Å². The highest BCUT2D eigenvalue weighted by Crippen LogP contribution is 2.46. The molecule has 1 amide bonds. The monoisotopic (exact) mass is 409 g/mol. The summed E-state index contributed by atoms with van der Waals surface area (Å²) in [6.07, 6.45) is 4.15. The molecule has 1 atom stereocenters. The van der Waals surface area contributed by atoms with Crippen molar-refractivity contribution in [1.29, 1.82) is 0 Å². The molecule has 1 aliphatic heterocycles. The Morgan fingerprint density at radius 1 is 1.10 bits per heavy atom. The van der Waals surface area contributed by atoms with Crippen molar-refractivity contribution in [2.45, 2.75) is 44.1 Å². The standard InChI is InChI=1S/C24H24ClNO3/c1-16(27)20-21(17-9-11-19(25)12-10-17)26(23(29)22(20)28)15-24(13-5-6-14-24)18-7-3-2-4-8-18/h2-4,7-12,21,28H,5-6,13-15H2,1H3. The predicted molar refractivity (Wildman–Crippen MR) is 113 cm³/mol. The molecule has 5 heteroatoms. The molecule has 0 bridgehead atoms. The fraction of sp³-hybridized carbons (Fsp3) is 0.333. The number of halogens is 1. The number of aliphatic hydroxyl groups excluding tert-OH is 1. The summed E-state index contributed by atoms with van der Waals surface area (Å²) in [7, 11) is 0. The van der Waals surface area contributed by atoms with Crippen molar-refractivity contribution < 1.29 is 14.7 Å². The first-order chi connectivity index (χ1) is 13.9. The summed E-state index contributed by atoms with van der Waals surface area (Å²) in [5.74, 6) is -1.20. The third-order valence-corrected chi connectivity index (χ3v) is 6.54. The Morgan fingerprint density at radius 2 is 1.72 bits per heavy atom. The molecule has 1 fully saturated rings. The topological polar surface area (TPSA) is 57.6 Å². The minimum atomic E-state index is -0.599. The molecule has 2 aromatic carbocycles. The minimum Gasteiger partial charge on any atom is -0.503 e. The summed E-state index contributed by atoms with van der Waals surface area (Å²) in [5.41, 5.74) is 1.97. The maximum atomic E-state index is 13.1. The Balaban J connectivity index is 1.77. The number of carbonyl (C=O) groups is 2.